The Hall–Kier alpha value is -0.870. The largest absolute Gasteiger partial charge is 0.490 e. The third-order valence-corrected chi connectivity index (χ3v) is 5.24. The Morgan fingerprint density at radius 3 is 2.81 bits per heavy atom. The first kappa shape index (κ1) is 15.0. The predicted molar refractivity (Wildman–Crippen MR) is 84.9 cm³/mol. The molecule has 1 spiro atoms. The molecule has 0 radical (unpaired) electrons. The number of ether oxygens (including phenoxy) is 2. The average molecular weight is 353 g/mol. The van der Waals surface area contributed by atoms with E-state index < -0.39 is 0 Å². The Balaban J connectivity index is 1.55. The van der Waals surface area contributed by atoms with Gasteiger partial charge in [-0.2, -0.15) is 0 Å². The highest BCUT2D eigenvalue weighted by Gasteiger charge is 2.40. The molecule has 1 aliphatic carbocycles. The summed E-state index contributed by atoms with van der Waals surface area (Å²) < 4.78 is 13.0. The van der Waals surface area contributed by atoms with Crippen molar-refractivity contribution in [3.05, 3.63) is 28.2 Å². The van der Waals surface area contributed by atoms with Crippen molar-refractivity contribution in [1.29, 1.82) is 0 Å². The van der Waals surface area contributed by atoms with E-state index in [4.69, 9.17) is 9.47 Å². The molecule has 1 aliphatic heterocycles. The quantitative estimate of drug-likeness (QED) is 0.747. The molecular formula is C17H21BrO3. The minimum atomic E-state index is 0.144. The summed E-state index contributed by atoms with van der Waals surface area (Å²) in [4.78, 5) is 10.7. The summed E-state index contributed by atoms with van der Waals surface area (Å²) in [6, 6.07) is 5.38. The maximum absolute atomic E-state index is 10.7. The molecule has 1 heterocycles. The lowest BCUT2D eigenvalue weighted by atomic mass is 9.83. The average Bonchev–Trinajstić information content (AvgIpc) is 2.89. The van der Waals surface area contributed by atoms with Crippen molar-refractivity contribution in [2.45, 2.75) is 56.7 Å². The molecule has 3 rings (SSSR count). The van der Waals surface area contributed by atoms with Crippen LogP contribution in [0.4, 0.5) is 0 Å². The maximum Gasteiger partial charge on any atom is 0.150 e. The predicted octanol–water partition coefficient (Wildman–Crippen LogP) is 4.52. The highest BCUT2D eigenvalue weighted by molar-refractivity contribution is 9.10. The number of hydrogen-bond donors (Lipinski definition) is 0. The SMILES string of the molecule is O=Cc1ccc(OCC2CCC3(CCCCC3)O2)c(Br)c1. The van der Waals surface area contributed by atoms with E-state index >= 15 is 0 Å². The summed E-state index contributed by atoms with van der Waals surface area (Å²) in [6.45, 7) is 0.584. The molecule has 114 valence electrons. The molecule has 1 unspecified atom stereocenters. The molecule has 1 saturated heterocycles. The zero-order chi connectivity index (χ0) is 14.7. The number of aldehydes is 1. The normalized spacial score (nSPS) is 24.1. The summed E-state index contributed by atoms with van der Waals surface area (Å²) >= 11 is 3.44. The second-order valence-corrected chi connectivity index (χ2v) is 7.00. The van der Waals surface area contributed by atoms with Gasteiger partial charge >= 0.3 is 0 Å². The highest BCUT2D eigenvalue weighted by atomic mass is 79.9. The summed E-state index contributed by atoms with van der Waals surface area (Å²) in [5.74, 6) is 0.772. The molecule has 0 aromatic heterocycles. The lowest BCUT2D eigenvalue weighted by Crippen LogP contribution is -2.32. The molecule has 0 amide bonds. The van der Waals surface area contributed by atoms with Crippen molar-refractivity contribution in [2.75, 3.05) is 6.61 Å². The standard InChI is InChI=1S/C17H21BrO3/c18-15-10-13(11-19)4-5-16(15)20-12-14-6-9-17(21-14)7-2-1-3-8-17/h4-5,10-11,14H,1-3,6-9,12H2. The van der Waals surface area contributed by atoms with Gasteiger partial charge < -0.3 is 9.47 Å². The van der Waals surface area contributed by atoms with Crippen LogP contribution in [0, 0.1) is 0 Å². The maximum atomic E-state index is 10.7. The van der Waals surface area contributed by atoms with Gasteiger partial charge in [0.05, 0.1) is 16.2 Å². The number of carbonyl (C=O) groups excluding carboxylic acids is 1. The molecule has 2 fully saturated rings. The van der Waals surface area contributed by atoms with Crippen LogP contribution in [0.15, 0.2) is 22.7 Å². The van der Waals surface area contributed by atoms with Gasteiger partial charge in [-0.3, -0.25) is 4.79 Å². The van der Waals surface area contributed by atoms with Crippen molar-refractivity contribution in [3.63, 3.8) is 0 Å². The fourth-order valence-corrected chi connectivity index (χ4v) is 3.98. The van der Waals surface area contributed by atoms with Crippen LogP contribution < -0.4 is 4.74 Å². The van der Waals surface area contributed by atoms with Crippen molar-refractivity contribution >= 4 is 22.2 Å². The number of hydrogen-bond acceptors (Lipinski definition) is 3. The second-order valence-electron chi connectivity index (χ2n) is 6.14. The molecule has 4 heteroatoms. The van der Waals surface area contributed by atoms with E-state index in [1.165, 1.54) is 38.5 Å². The first-order valence-electron chi connectivity index (χ1n) is 7.76. The number of halogens is 1. The van der Waals surface area contributed by atoms with Crippen LogP contribution in [0.2, 0.25) is 0 Å². The van der Waals surface area contributed by atoms with E-state index in [1.807, 2.05) is 6.07 Å². The van der Waals surface area contributed by atoms with Gasteiger partial charge in [0.1, 0.15) is 18.6 Å². The van der Waals surface area contributed by atoms with Gasteiger partial charge in [-0.1, -0.05) is 19.3 Å². The number of benzene rings is 1. The highest BCUT2D eigenvalue weighted by Crippen LogP contribution is 2.42. The zero-order valence-corrected chi connectivity index (χ0v) is 13.7. The van der Waals surface area contributed by atoms with Gasteiger partial charge in [-0.05, 0) is 59.8 Å². The van der Waals surface area contributed by atoms with Crippen molar-refractivity contribution in [2.24, 2.45) is 0 Å². The van der Waals surface area contributed by atoms with Gasteiger partial charge in [-0.25, -0.2) is 0 Å². The zero-order valence-electron chi connectivity index (χ0n) is 12.1. The number of rotatable bonds is 4. The van der Waals surface area contributed by atoms with Gasteiger partial charge in [0.15, 0.2) is 0 Å². The first-order chi connectivity index (χ1) is 10.2. The molecule has 0 N–H and O–H groups in total. The Labute approximate surface area is 134 Å². The van der Waals surface area contributed by atoms with Crippen LogP contribution in [-0.4, -0.2) is 24.6 Å². The van der Waals surface area contributed by atoms with E-state index in [9.17, 15) is 4.79 Å². The van der Waals surface area contributed by atoms with Crippen LogP contribution in [-0.2, 0) is 4.74 Å². The van der Waals surface area contributed by atoms with E-state index in [-0.39, 0.29) is 11.7 Å². The lowest BCUT2D eigenvalue weighted by molar-refractivity contribution is -0.0749. The lowest BCUT2D eigenvalue weighted by Gasteiger charge is -2.33. The monoisotopic (exact) mass is 352 g/mol. The van der Waals surface area contributed by atoms with Crippen LogP contribution >= 0.6 is 15.9 Å². The van der Waals surface area contributed by atoms with Gasteiger partial charge in [0.25, 0.3) is 0 Å². The first-order valence-corrected chi connectivity index (χ1v) is 8.55. The van der Waals surface area contributed by atoms with Gasteiger partial charge in [-0.15, -0.1) is 0 Å². The fraction of sp³-hybridized carbons (Fsp3) is 0.588. The van der Waals surface area contributed by atoms with Crippen LogP contribution in [0.25, 0.3) is 0 Å². The molecule has 2 aliphatic rings. The second kappa shape index (κ2) is 6.49. The van der Waals surface area contributed by atoms with E-state index in [0.717, 1.165) is 22.9 Å². The Bertz CT molecular complexity index is 509. The van der Waals surface area contributed by atoms with Gasteiger partial charge in [0, 0.05) is 5.56 Å². The molecule has 0 bridgehead atoms. The molecular weight excluding hydrogens is 332 g/mol. The van der Waals surface area contributed by atoms with Crippen LogP contribution in [0.5, 0.6) is 5.75 Å². The van der Waals surface area contributed by atoms with Crippen molar-refractivity contribution in [1.82, 2.24) is 0 Å². The minimum Gasteiger partial charge on any atom is -0.490 e. The fourth-order valence-electron chi connectivity index (χ4n) is 3.47. The van der Waals surface area contributed by atoms with E-state index in [0.29, 0.717) is 12.2 Å². The Kier molecular flexibility index (Phi) is 4.65. The summed E-state index contributed by atoms with van der Waals surface area (Å²) in [5.41, 5.74) is 0.790. The van der Waals surface area contributed by atoms with E-state index in [1.54, 1.807) is 12.1 Å². The summed E-state index contributed by atoms with van der Waals surface area (Å²) in [7, 11) is 0. The Morgan fingerprint density at radius 1 is 1.29 bits per heavy atom. The molecule has 1 saturated carbocycles. The summed E-state index contributed by atoms with van der Waals surface area (Å²) in [6.07, 6.45) is 9.65. The topological polar surface area (TPSA) is 35.5 Å². The van der Waals surface area contributed by atoms with Crippen molar-refractivity contribution < 1.29 is 14.3 Å². The molecule has 1 atom stereocenters. The third-order valence-electron chi connectivity index (χ3n) is 4.62. The molecule has 1 aromatic carbocycles. The van der Waals surface area contributed by atoms with Gasteiger partial charge in [0.2, 0.25) is 0 Å². The van der Waals surface area contributed by atoms with Crippen LogP contribution in [0.1, 0.15) is 55.3 Å². The Morgan fingerprint density at radius 2 is 2.10 bits per heavy atom. The van der Waals surface area contributed by atoms with E-state index in [2.05, 4.69) is 15.9 Å². The third kappa shape index (κ3) is 3.49. The van der Waals surface area contributed by atoms with Crippen LogP contribution in [0.3, 0.4) is 0 Å². The molecule has 21 heavy (non-hydrogen) atoms. The molecule has 3 nitrogen and oxygen atoms in total. The minimum absolute atomic E-state index is 0.144. The van der Waals surface area contributed by atoms with Crippen molar-refractivity contribution in [3.8, 4) is 5.75 Å². The smallest absolute Gasteiger partial charge is 0.150 e. The summed E-state index contributed by atoms with van der Waals surface area (Å²) in [5, 5.41) is 0. The molecule has 1 aromatic rings. The number of carbonyl (C=O) groups is 1.